The van der Waals surface area contributed by atoms with Crippen molar-refractivity contribution in [2.45, 2.75) is 6.18 Å². The van der Waals surface area contributed by atoms with Crippen LogP contribution in [0.2, 0.25) is 5.02 Å². The molecule has 1 aromatic heterocycles. The fraction of sp³-hybridized carbons (Fsp3) is 0.0667. The van der Waals surface area contributed by atoms with Gasteiger partial charge in [0.15, 0.2) is 0 Å². The van der Waals surface area contributed by atoms with Gasteiger partial charge in [-0.1, -0.05) is 17.5 Å². The van der Waals surface area contributed by atoms with E-state index in [0.29, 0.717) is 6.07 Å². The fourth-order valence-corrected chi connectivity index (χ4v) is 1.71. The van der Waals surface area contributed by atoms with E-state index in [4.69, 9.17) is 11.6 Å². The third kappa shape index (κ3) is 4.20. The van der Waals surface area contributed by atoms with Crippen molar-refractivity contribution in [1.82, 2.24) is 4.98 Å². The van der Waals surface area contributed by atoms with E-state index in [1.165, 1.54) is 12.3 Å². The normalized spacial score (nSPS) is 10.8. The second-order valence-electron chi connectivity index (χ2n) is 4.35. The van der Waals surface area contributed by atoms with Crippen LogP contribution in [0.25, 0.3) is 0 Å². The predicted octanol–water partition coefficient (Wildman–Crippen LogP) is 3.91. The Hall–Kier alpha value is -2.66. The number of rotatable bonds is 1. The van der Waals surface area contributed by atoms with Gasteiger partial charge < -0.3 is 5.32 Å². The van der Waals surface area contributed by atoms with E-state index in [0.717, 1.165) is 12.1 Å². The number of alkyl halides is 3. The van der Waals surface area contributed by atoms with E-state index >= 15 is 0 Å². The zero-order valence-corrected chi connectivity index (χ0v) is 12.3. The highest BCUT2D eigenvalue weighted by molar-refractivity contribution is 6.30. The van der Waals surface area contributed by atoms with E-state index in [1.54, 1.807) is 5.32 Å². The predicted molar refractivity (Wildman–Crippen MR) is 76.3 cm³/mol. The first kappa shape index (κ1) is 17.7. The quantitative estimate of drug-likeness (QED) is 0.476. The number of hydrogen-bond acceptors (Lipinski definition) is 2. The molecule has 1 heterocycles. The average Bonchev–Trinajstić information content (AvgIpc) is 2.50. The lowest BCUT2D eigenvalue weighted by Crippen LogP contribution is -2.30. The van der Waals surface area contributed by atoms with Gasteiger partial charge in [0.1, 0.15) is 17.3 Å². The first-order valence-corrected chi connectivity index (χ1v) is 6.56. The van der Waals surface area contributed by atoms with Crippen molar-refractivity contribution < 1.29 is 26.7 Å². The minimum atomic E-state index is -5.09. The van der Waals surface area contributed by atoms with Crippen LogP contribution in [-0.4, -0.2) is 17.1 Å². The molecule has 0 fully saturated rings. The summed E-state index contributed by atoms with van der Waals surface area (Å²) in [6, 6.07) is 3.88. The Morgan fingerprint density at radius 3 is 2.54 bits per heavy atom. The number of nitrogens with zero attached hydrogens (tertiary/aromatic N) is 1. The summed E-state index contributed by atoms with van der Waals surface area (Å²) in [5, 5.41) is 1.24. The molecule has 0 unspecified atom stereocenters. The summed E-state index contributed by atoms with van der Waals surface area (Å²) < 4.78 is 63.5. The average molecular weight is 361 g/mol. The fourth-order valence-electron chi connectivity index (χ4n) is 1.54. The van der Waals surface area contributed by atoms with Gasteiger partial charge in [-0.2, -0.15) is 13.2 Å². The Bertz CT molecular complexity index is 855. The summed E-state index contributed by atoms with van der Waals surface area (Å²) in [5.41, 5.74) is -0.809. The van der Waals surface area contributed by atoms with Crippen molar-refractivity contribution in [1.29, 1.82) is 0 Å². The molecule has 0 radical (unpaired) electrons. The molecule has 0 saturated carbocycles. The van der Waals surface area contributed by atoms with Crippen molar-refractivity contribution in [2.75, 3.05) is 5.32 Å². The number of anilines is 1. The number of pyridine rings is 1. The van der Waals surface area contributed by atoms with Crippen LogP contribution in [0.3, 0.4) is 0 Å². The molecule has 124 valence electrons. The van der Waals surface area contributed by atoms with Gasteiger partial charge in [-0.15, -0.1) is 0 Å². The number of amides is 1. The van der Waals surface area contributed by atoms with Crippen molar-refractivity contribution in [3.05, 3.63) is 58.4 Å². The molecular formula is C15H6ClF5N2O. The lowest BCUT2D eigenvalue weighted by molar-refractivity contribution is -0.167. The van der Waals surface area contributed by atoms with Crippen LogP contribution < -0.4 is 5.32 Å². The van der Waals surface area contributed by atoms with E-state index in [2.05, 4.69) is 16.8 Å². The maximum absolute atomic E-state index is 13.6. The summed E-state index contributed by atoms with van der Waals surface area (Å²) in [5.74, 6) is 0.414. The largest absolute Gasteiger partial charge is 0.471 e. The molecule has 0 atom stereocenters. The van der Waals surface area contributed by atoms with Gasteiger partial charge in [-0.05, 0) is 24.1 Å². The van der Waals surface area contributed by atoms with Crippen LogP contribution in [0.5, 0.6) is 0 Å². The number of nitrogens with one attached hydrogen (secondary N) is 1. The molecular weight excluding hydrogens is 355 g/mol. The molecule has 9 heteroatoms. The lowest BCUT2D eigenvalue weighted by atomic mass is 10.2. The van der Waals surface area contributed by atoms with Crippen molar-refractivity contribution in [3.63, 3.8) is 0 Å². The second kappa shape index (κ2) is 6.84. The highest BCUT2D eigenvalue weighted by Crippen LogP contribution is 2.21. The molecule has 1 amide bonds. The van der Waals surface area contributed by atoms with Gasteiger partial charge in [0, 0.05) is 12.3 Å². The second-order valence-corrected chi connectivity index (χ2v) is 4.75. The summed E-state index contributed by atoms with van der Waals surface area (Å²) in [4.78, 5) is 14.7. The first-order chi connectivity index (χ1) is 11.2. The Morgan fingerprint density at radius 1 is 1.17 bits per heavy atom. The van der Waals surface area contributed by atoms with Gasteiger partial charge in [-0.25, -0.2) is 13.8 Å². The monoisotopic (exact) mass is 360 g/mol. The van der Waals surface area contributed by atoms with E-state index in [9.17, 15) is 26.7 Å². The molecule has 0 aliphatic rings. The standard InChI is InChI=1S/C15H6ClF5N2O/c16-9-6-8(10(17)7-11(9)18)3-4-12-13(2-1-5-22-12)23-14(24)15(19,20)21/h1-2,5-7H,(H,23,24). The van der Waals surface area contributed by atoms with Crippen LogP contribution >= 0.6 is 11.6 Å². The molecule has 0 spiro atoms. The SMILES string of the molecule is O=C(Nc1cccnc1C#Cc1cc(Cl)c(F)cc1F)C(F)(F)F. The van der Waals surface area contributed by atoms with Crippen LogP contribution in [0.1, 0.15) is 11.3 Å². The van der Waals surface area contributed by atoms with Crippen LogP contribution in [0, 0.1) is 23.5 Å². The molecule has 2 aromatic rings. The molecule has 1 N–H and O–H groups in total. The van der Waals surface area contributed by atoms with Crippen LogP contribution in [0.15, 0.2) is 30.5 Å². The third-order valence-electron chi connectivity index (χ3n) is 2.64. The summed E-state index contributed by atoms with van der Waals surface area (Å²) in [6.07, 6.45) is -3.86. The van der Waals surface area contributed by atoms with Gasteiger partial charge >= 0.3 is 12.1 Å². The Morgan fingerprint density at radius 2 is 1.88 bits per heavy atom. The minimum absolute atomic E-state index is 0.227. The Balaban J connectivity index is 2.36. The van der Waals surface area contributed by atoms with Gasteiger partial charge in [0.25, 0.3) is 0 Å². The summed E-state index contributed by atoms with van der Waals surface area (Å²) >= 11 is 5.51. The molecule has 0 saturated heterocycles. The number of halogens is 6. The van der Waals surface area contributed by atoms with Crippen molar-refractivity contribution >= 4 is 23.2 Å². The smallest absolute Gasteiger partial charge is 0.316 e. The van der Waals surface area contributed by atoms with E-state index < -0.39 is 23.7 Å². The van der Waals surface area contributed by atoms with Crippen LogP contribution in [0.4, 0.5) is 27.6 Å². The Kier molecular flexibility index (Phi) is 5.04. The molecule has 1 aromatic carbocycles. The summed E-state index contributed by atoms with van der Waals surface area (Å²) in [7, 11) is 0. The highest BCUT2D eigenvalue weighted by Gasteiger charge is 2.39. The first-order valence-electron chi connectivity index (χ1n) is 6.18. The highest BCUT2D eigenvalue weighted by atomic mass is 35.5. The van der Waals surface area contributed by atoms with Crippen LogP contribution in [-0.2, 0) is 4.79 Å². The Labute approximate surface area is 137 Å². The molecule has 0 aliphatic heterocycles. The van der Waals surface area contributed by atoms with Crippen molar-refractivity contribution in [3.8, 4) is 11.8 Å². The number of benzene rings is 1. The lowest BCUT2D eigenvalue weighted by Gasteiger charge is -2.08. The van der Waals surface area contributed by atoms with Gasteiger partial charge in [0.2, 0.25) is 0 Å². The number of hydrogen-bond donors (Lipinski definition) is 1. The third-order valence-corrected chi connectivity index (χ3v) is 2.93. The van der Waals surface area contributed by atoms with Crippen molar-refractivity contribution in [2.24, 2.45) is 0 Å². The number of carbonyl (C=O) groups excluding carboxylic acids is 1. The molecule has 3 nitrogen and oxygen atoms in total. The summed E-state index contributed by atoms with van der Waals surface area (Å²) in [6.45, 7) is 0. The van der Waals surface area contributed by atoms with Gasteiger partial charge in [0.05, 0.1) is 16.3 Å². The van der Waals surface area contributed by atoms with E-state index in [1.807, 2.05) is 0 Å². The number of carbonyl (C=O) groups is 1. The molecule has 24 heavy (non-hydrogen) atoms. The molecule has 0 bridgehead atoms. The molecule has 2 rings (SSSR count). The maximum Gasteiger partial charge on any atom is 0.471 e. The van der Waals surface area contributed by atoms with Gasteiger partial charge in [-0.3, -0.25) is 4.79 Å². The van der Waals surface area contributed by atoms with E-state index in [-0.39, 0.29) is 22.0 Å². The minimum Gasteiger partial charge on any atom is -0.316 e. The zero-order chi connectivity index (χ0) is 17.9. The molecule has 0 aliphatic carbocycles. The zero-order valence-electron chi connectivity index (χ0n) is 11.5. The topological polar surface area (TPSA) is 42.0 Å². The maximum atomic E-state index is 13.6. The number of aromatic nitrogens is 1.